The van der Waals surface area contributed by atoms with Crippen LogP contribution in [0.15, 0.2) is 78.9 Å². The molecule has 2 atom stereocenters. The molecule has 1 saturated heterocycles. The van der Waals surface area contributed by atoms with E-state index in [1.807, 2.05) is 54.6 Å². The number of likely N-dealkylation sites (tertiary alicyclic amines) is 1. The smallest absolute Gasteiger partial charge is 0.408 e. The van der Waals surface area contributed by atoms with E-state index in [2.05, 4.69) is 20.9 Å². The molecular weight excluding hydrogens is 558 g/mol. The van der Waals surface area contributed by atoms with Gasteiger partial charge in [-0.2, -0.15) is 0 Å². The SMILES string of the molecule is CC(=O)Nc1ccc2[nH]c(-c3ccc(NC(=O)[C@@H]4CCCN4C(=O)[C@H](NC(=O)OC(C)(C)C)c4ccccc4)cc3)cc2c1. The maximum atomic E-state index is 13.8. The summed E-state index contributed by atoms with van der Waals surface area (Å²) in [5, 5.41) is 9.42. The van der Waals surface area contributed by atoms with Gasteiger partial charge in [0.1, 0.15) is 17.7 Å². The second kappa shape index (κ2) is 12.6. The highest BCUT2D eigenvalue weighted by Gasteiger charge is 2.38. The zero-order valence-corrected chi connectivity index (χ0v) is 25.3. The highest BCUT2D eigenvalue weighted by Crippen LogP contribution is 2.29. The number of alkyl carbamates (subject to hydrolysis) is 1. The van der Waals surface area contributed by atoms with Gasteiger partial charge in [-0.05, 0) is 81.1 Å². The lowest BCUT2D eigenvalue weighted by Gasteiger charge is -2.29. The fourth-order valence-electron chi connectivity index (χ4n) is 5.36. The number of hydrogen-bond donors (Lipinski definition) is 4. The molecule has 0 spiro atoms. The van der Waals surface area contributed by atoms with E-state index in [9.17, 15) is 19.2 Å². The van der Waals surface area contributed by atoms with Crippen LogP contribution in [-0.4, -0.2) is 51.9 Å². The molecule has 4 aromatic rings. The Labute approximate surface area is 256 Å². The van der Waals surface area contributed by atoms with E-state index in [-0.39, 0.29) is 17.7 Å². The number of fused-ring (bicyclic) bond motifs is 1. The molecule has 1 fully saturated rings. The fraction of sp³-hybridized carbons (Fsp3) is 0.294. The quantitative estimate of drug-likeness (QED) is 0.208. The summed E-state index contributed by atoms with van der Waals surface area (Å²) in [5.74, 6) is -0.782. The lowest BCUT2D eigenvalue weighted by Crippen LogP contribution is -2.49. The number of H-pyrrole nitrogens is 1. The van der Waals surface area contributed by atoms with Crippen molar-refractivity contribution in [2.45, 2.75) is 58.2 Å². The lowest BCUT2D eigenvalue weighted by molar-refractivity contribution is -0.138. The summed E-state index contributed by atoms with van der Waals surface area (Å²) < 4.78 is 5.42. The molecule has 1 aliphatic heterocycles. The zero-order chi connectivity index (χ0) is 31.4. The number of rotatable bonds is 7. The predicted molar refractivity (Wildman–Crippen MR) is 170 cm³/mol. The second-order valence-corrected chi connectivity index (χ2v) is 11.9. The Morgan fingerprint density at radius 2 is 1.61 bits per heavy atom. The molecule has 0 saturated carbocycles. The van der Waals surface area contributed by atoms with E-state index in [1.54, 1.807) is 49.9 Å². The van der Waals surface area contributed by atoms with E-state index >= 15 is 0 Å². The van der Waals surface area contributed by atoms with Crippen molar-refractivity contribution in [1.82, 2.24) is 15.2 Å². The van der Waals surface area contributed by atoms with E-state index in [1.165, 1.54) is 6.92 Å². The fourth-order valence-corrected chi connectivity index (χ4v) is 5.36. The van der Waals surface area contributed by atoms with Crippen LogP contribution in [-0.2, 0) is 19.1 Å². The molecule has 10 nitrogen and oxygen atoms in total. The topological polar surface area (TPSA) is 133 Å². The van der Waals surface area contributed by atoms with Crippen molar-refractivity contribution >= 4 is 46.1 Å². The van der Waals surface area contributed by atoms with Crippen LogP contribution < -0.4 is 16.0 Å². The monoisotopic (exact) mass is 595 g/mol. The average molecular weight is 596 g/mol. The molecule has 4 amide bonds. The molecule has 2 heterocycles. The largest absolute Gasteiger partial charge is 0.444 e. The molecule has 4 N–H and O–H groups in total. The van der Waals surface area contributed by atoms with Gasteiger partial charge in [0.15, 0.2) is 0 Å². The zero-order valence-electron chi connectivity index (χ0n) is 25.3. The van der Waals surface area contributed by atoms with Crippen LogP contribution in [0.1, 0.15) is 52.1 Å². The van der Waals surface area contributed by atoms with Crippen molar-refractivity contribution in [2.75, 3.05) is 17.2 Å². The molecule has 0 aliphatic carbocycles. The second-order valence-electron chi connectivity index (χ2n) is 11.9. The van der Waals surface area contributed by atoms with Crippen LogP contribution in [0, 0.1) is 0 Å². The minimum Gasteiger partial charge on any atom is -0.444 e. The number of ether oxygens (including phenoxy) is 1. The highest BCUT2D eigenvalue weighted by atomic mass is 16.6. The van der Waals surface area contributed by atoms with E-state index in [0.717, 1.165) is 27.8 Å². The van der Waals surface area contributed by atoms with Crippen molar-refractivity contribution < 1.29 is 23.9 Å². The van der Waals surface area contributed by atoms with Crippen LogP contribution in [0.2, 0.25) is 0 Å². The highest BCUT2D eigenvalue weighted by molar-refractivity contribution is 5.99. The van der Waals surface area contributed by atoms with Gasteiger partial charge in [0.25, 0.3) is 5.91 Å². The van der Waals surface area contributed by atoms with Gasteiger partial charge in [0, 0.05) is 41.4 Å². The van der Waals surface area contributed by atoms with Crippen LogP contribution in [0.25, 0.3) is 22.2 Å². The molecular formula is C34H37N5O5. The number of anilines is 2. The summed E-state index contributed by atoms with van der Waals surface area (Å²) in [4.78, 5) is 56.2. The van der Waals surface area contributed by atoms with Gasteiger partial charge in [-0.25, -0.2) is 4.79 Å². The summed E-state index contributed by atoms with van der Waals surface area (Å²) in [6.45, 7) is 7.14. The third-order valence-electron chi connectivity index (χ3n) is 7.28. The van der Waals surface area contributed by atoms with Crippen molar-refractivity contribution in [3.8, 4) is 11.3 Å². The van der Waals surface area contributed by atoms with Crippen molar-refractivity contribution in [1.29, 1.82) is 0 Å². The summed E-state index contributed by atoms with van der Waals surface area (Å²) in [6, 6.07) is 22.4. The lowest BCUT2D eigenvalue weighted by atomic mass is 10.0. The first-order chi connectivity index (χ1) is 21.0. The third-order valence-corrected chi connectivity index (χ3v) is 7.28. The van der Waals surface area contributed by atoms with Gasteiger partial charge in [-0.3, -0.25) is 14.4 Å². The van der Waals surface area contributed by atoms with Crippen LogP contribution in [0.5, 0.6) is 0 Å². The Kier molecular flexibility index (Phi) is 8.71. The number of aromatic nitrogens is 1. The Balaban J connectivity index is 1.28. The summed E-state index contributed by atoms with van der Waals surface area (Å²) in [6.07, 6.45) is 0.475. The summed E-state index contributed by atoms with van der Waals surface area (Å²) >= 11 is 0. The Hall–Kier alpha value is -5.12. The van der Waals surface area contributed by atoms with Gasteiger partial charge < -0.3 is 30.6 Å². The van der Waals surface area contributed by atoms with Gasteiger partial charge in [0.2, 0.25) is 11.8 Å². The number of carbonyl (C=O) groups is 4. The number of aromatic amines is 1. The summed E-state index contributed by atoms with van der Waals surface area (Å²) in [7, 11) is 0. The molecule has 0 unspecified atom stereocenters. The molecule has 1 aliphatic rings. The Morgan fingerprint density at radius 3 is 2.30 bits per heavy atom. The maximum absolute atomic E-state index is 13.8. The molecule has 5 rings (SSSR count). The van der Waals surface area contributed by atoms with Gasteiger partial charge in [-0.1, -0.05) is 42.5 Å². The molecule has 44 heavy (non-hydrogen) atoms. The van der Waals surface area contributed by atoms with E-state index in [4.69, 9.17) is 4.74 Å². The molecule has 3 aromatic carbocycles. The number of carbonyl (C=O) groups excluding carboxylic acids is 4. The first-order valence-corrected chi connectivity index (χ1v) is 14.6. The Morgan fingerprint density at radius 1 is 0.909 bits per heavy atom. The average Bonchev–Trinajstić information content (AvgIpc) is 3.63. The van der Waals surface area contributed by atoms with Gasteiger partial charge >= 0.3 is 6.09 Å². The molecule has 0 radical (unpaired) electrons. The summed E-state index contributed by atoms with van der Waals surface area (Å²) in [5.41, 5.74) is 3.97. The number of nitrogens with one attached hydrogen (secondary N) is 4. The number of amides is 4. The van der Waals surface area contributed by atoms with Crippen molar-refractivity contribution in [2.24, 2.45) is 0 Å². The van der Waals surface area contributed by atoms with E-state index in [0.29, 0.717) is 30.6 Å². The van der Waals surface area contributed by atoms with Crippen LogP contribution >= 0.6 is 0 Å². The van der Waals surface area contributed by atoms with E-state index < -0.39 is 23.8 Å². The number of nitrogens with zero attached hydrogens (tertiary/aromatic N) is 1. The molecule has 228 valence electrons. The van der Waals surface area contributed by atoms with Crippen LogP contribution in [0.4, 0.5) is 16.2 Å². The third kappa shape index (κ3) is 7.26. The normalized spacial score (nSPS) is 15.5. The van der Waals surface area contributed by atoms with Gasteiger partial charge in [-0.15, -0.1) is 0 Å². The molecule has 10 heteroatoms. The Bertz CT molecular complexity index is 1670. The maximum Gasteiger partial charge on any atom is 0.408 e. The first-order valence-electron chi connectivity index (χ1n) is 14.6. The van der Waals surface area contributed by atoms with Crippen molar-refractivity contribution in [3.05, 3.63) is 84.4 Å². The standard InChI is InChI=1S/C34H37N5O5/c1-21(40)35-26-16-17-27-24(19-26)20-28(37-27)22-12-14-25(15-13-22)36-31(41)29-11-8-18-39(29)32(42)30(23-9-6-5-7-10-23)38-33(43)44-34(2,3)4/h5-7,9-10,12-17,19-20,29-30,37H,8,11,18H2,1-4H3,(H,35,40)(H,36,41)(H,38,43)/t29-,30+/m0/s1. The number of hydrogen-bond acceptors (Lipinski definition) is 5. The van der Waals surface area contributed by atoms with Crippen LogP contribution in [0.3, 0.4) is 0 Å². The predicted octanol–water partition coefficient (Wildman–Crippen LogP) is 5.99. The first kappa shape index (κ1) is 30.3. The number of benzene rings is 3. The van der Waals surface area contributed by atoms with Crippen molar-refractivity contribution in [3.63, 3.8) is 0 Å². The van der Waals surface area contributed by atoms with Gasteiger partial charge in [0.05, 0.1) is 0 Å². The minimum atomic E-state index is -0.996. The molecule has 1 aromatic heterocycles. The molecule has 0 bridgehead atoms. The minimum absolute atomic E-state index is 0.128.